The summed E-state index contributed by atoms with van der Waals surface area (Å²) in [5.74, 6) is -1.25. The Hall–Kier alpha value is -4.03. The lowest BCUT2D eigenvalue weighted by molar-refractivity contribution is 0.0694. The number of carboxylic acids is 1. The van der Waals surface area contributed by atoms with E-state index in [2.05, 4.69) is 17.1 Å². The number of carboxylic acid groups (broad SMARTS) is 1. The highest BCUT2D eigenvalue weighted by atomic mass is 32.1. The standard InChI is InChI=1S/C28H22N2O3S/c31-26-22(28(32)33)18-30(25(20-12-6-2-7-13-20)21-14-8-3-9-15-21)27-24(26)29-23(34-27)17-16-19-10-4-1-5-11-19/h1-15,18,25H,16-17H2,(H,32,33). The Balaban J connectivity index is 1.69. The first-order chi connectivity index (χ1) is 16.6. The molecule has 0 saturated carbocycles. The molecule has 168 valence electrons. The van der Waals surface area contributed by atoms with Crippen molar-refractivity contribution in [3.05, 3.63) is 135 Å². The highest BCUT2D eigenvalue weighted by molar-refractivity contribution is 7.18. The summed E-state index contributed by atoms with van der Waals surface area (Å²) in [5.41, 5.74) is 2.58. The molecule has 0 aliphatic rings. The molecule has 0 fully saturated rings. The number of aromatic carboxylic acids is 1. The highest BCUT2D eigenvalue weighted by Gasteiger charge is 2.24. The van der Waals surface area contributed by atoms with Gasteiger partial charge in [0.1, 0.15) is 15.9 Å². The molecule has 2 heterocycles. The number of carbonyl (C=O) groups is 1. The van der Waals surface area contributed by atoms with E-state index in [0.29, 0.717) is 11.3 Å². The van der Waals surface area contributed by atoms with E-state index in [-0.39, 0.29) is 17.1 Å². The van der Waals surface area contributed by atoms with E-state index in [1.54, 1.807) is 0 Å². The lowest BCUT2D eigenvalue weighted by Gasteiger charge is -2.23. The molecule has 0 amide bonds. The summed E-state index contributed by atoms with van der Waals surface area (Å²) in [6.07, 6.45) is 2.94. The van der Waals surface area contributed by atoms with E-state index in [0.717, 1.165) is 22.6 Å². The number of aryl methyl sites for hydroxylation is 2. The molecule has 3 aromatic carbocycles. The number of hydrogen-bond acceptors (Lipinski definition) is 4. The molecule has 0 bridgehead atoms. The van der Waals surface area contributed by atoms with Crippen molar-refractivity contribution in [1.29, 1.82) is 0 Å². The number of nitrogens with zero attached hydrogens (tertiary/aromatic N) is 2. The first-order valence-corrected chi connectivity index (χ1v) is 11.8. The predicted molar refractivity (Wildman–Crippen MR) is 135 cm³/mol. The summed E-state index contributed by atoms with van der Waals surface area (Å²) < 4.78 is 1.90. The zero-order valence-corrected chi connectivity index (χ0v) is 19.1. The second-order valence-corrected chi connectivity index (χ2v) is 9.12. The van der Waals surface area contributed by atoms with Gasteiger partial charge in [0.05, 0.1) is 11.0 Å². The van der Waals surface area contributed by atoms with Gasteiger partial charge in [-0.25, -0.2) is 9.78 Å². The van der Waals surface area contributed by atoms with Gasteiger partial charge in [-0.1, -0.05) is 91.0 Å². The third-order valence-corrected chi connectivity index (χ3v) is 6.95. The zero-order chi connectivity index (χ0) is 23.5. The molecule has 0 atom stereocenters. The number of fused-ring (bicyclic) bond motifs is 1. The molecule has 5 rings (SSSR count). The van der Waals surface area contributed by atoms with E-state index >= 15 is 0 Å². The van der Waals surface area contributed by atoms with Crippen LogP contribution in [0.25, 0.3) is 10.3 Å². The summed E-state index contributed by atoms with van der Waals surface area (Å²) in [4.78, 5) is 30.3. The number of benzene rings is 3. The normalized spacial score (nSPS) is 11.2. The first-order valence-electron chi connectivity index (χ1n) is 11.0. The van der Waals surface area contributed by atoms with Crippen molar-refractivity contribution in [3.8, 4) is 0 Å². The Labute approximate surface area is 200 Å². The minimum absolute atomic E-state index is 0.213. The molecule has 0 unspecified atom stereocenters. The maximum Gasteiger partial charge on any atom is 0.341 e. The van der Waals surface area contributed by atoms with Crippen molar-refractivity contribution in [2.24, 2.45) is 0 Å². The number of pyridine rings is 1. The van der Waals surface area contributed by atoms with E-state index in [4.69, 9.17) is 0 Å². The Morgan fingerprint density at radius 2 is 1.41 bits per heavy atom. The monoisotopic (exact) mass is 466 g/mol. The van der Waals surface area contributed by atoms with Gasteiger partial charge in [0.15, 0.2) is 0 Å². The van der Waals surface area contributed by atoms with E-state index in [1.807, 2.05) is 83.4 Å². The topological polar surface area (TPSA) is 72.2 Å². The van der Waals surface area contributed by atoms with Crippen LogP contribution in [-0.2, 0) is 12.8 Å². The van der Waals surface area contributed by atoms with Crippen molar-refractivity contribution >= 4 is 27.7 Å². The van der Waals surface area contributed by atoms with Crippen LogP contribution in [0.1, 0.15) is 38.1 Å². The summed E-state index contributed by atoms with van der Waals surface area (Å²) in [7, 11) is 0. The van der Waals surface area contributed by atoms with Crippen LogP contribution in [0.3, 0.4) is 0 Å². The second kappa shape index (κ2) is 9.45. The van der Waals surface area contributed by atoms with Crippen LogP contribution in [-0.4, -0.2) is 20.6 Å². The molecule has 1 N–H and O–H groups in total. The van der Waals surface area contributed by atoms with Crippen molar-refractivity contribution < 1.29 is 9.90 Å². The fraction of sp³-hybridized carbons (Fsp3) is 0.107. The fourth-order valence-corrected chi connectivity index (χ4v) is 5.26. The van der Waals surface area contributed by atoms with Gasteiger partial charge in [-0.2, -0.15) is 0 Å². The van der Waals surface area contributed by atoms with Crippen LogP contribution < -0.4 is 5.43 Å². The van der Waals surface area contributed by atoms with E-state index in [9.17, 15) is 14.7 Å². The van der Waals surface area contributed by atoms with Crippen LogP contribution in [0, 0.1) is 0 Å². The predicted octanol–water partition coefficient (Wildman–Crippen LogP) is 5.58. The van der Waals surface area contributed by atoms with E-state index < -0.39 is 11.4 Å². The summed E-state index contributed by atoms with van der Waals surface area (Å²) in [5, 5.41) is 10.6. The third-order valence-electron chi connectivity index (χ3n) is 5.83. The smallest absolute Gasteiger partial charge is 0.341 e. The van der Waals surface area contributed by atoms with Crippen molar-refractivity contribution in [2.75, 3.05) is 0 Å². The van der Waals surface area contributed by atoms with Gasteiger partial charge in [0, 0.05) is 12.6 Å². The Bertz CT molecular complexity index is 1450. The van der Waals surface area contributed by atoms with Crippen LogP contribution in [0.2, 0.25) is 0 Å². The lowest BCUT2D eigenvalue weighted by Crippen LogP contribution is -2.21. The minimum atomic E-state index is -1.25. The van der Waals surface area contributed by atoms with Crippen LogP contribution in [0.4, 0.5) is 0 Å². The zero-order valence-electron chi connectivity index (χ0n) is 18.3. The molecular formula is C28H22N2O3S. The van der Waals surface area contributed by atoms with Crippen molar-refractivity contribution in [3.63, 3.8) is 0 Å². The van der Waals surface area contributed by atoms with Gasteiger partial charge >= 0.3 is 5.97 Å². The second-order valence-electron chi connectivity index (χ2n) is 8.06. The fourth-order valence-electron chi connectivity index (χ4n) is 4.19. The largest absolute Gasteiger partial charge is 0.477 e. The highest BCUT2D eigenvalue weighted by Crippen LogP contribution is 2.32. The molecule has 0 saturated heterocycles. The average Bonchev–Trinajstić information content (AvgIpc) is 3.31. The summed E-state index contributed by atoms with van der Waals surface area (Å²) >= 11 is 1.45. The average molecular weight is 467 g/mol. The summed E-state index contributed by atoms with van der Waals surface area (Å²) in [6, 6.07) is 29.6. The van der Waals surface area contributed by atoms with E-state index in [1.165, 1.54) is 23.1 Å². The first kappa shape index (κ1) is 21.8. The van der Waals surface area contributed by atoms with Gasteiger partial charge < -0.3 is 9.67 Å². The SMILES string of the molecule is O=C(O)c1cn(C(c2ccccc2)c2ccccc2)c2sc(CCc3ccccc3)nc2c1=O. The van der Waals surface area contributed by atoms with Gasteiger partial charge in [-0.3, -0.25) is 4.79 Å². The van der Waals surface area contributed by atoms with Gasteiger partial charge in [-0.15, -0.1) is 11.3 Å². The van der Waals surface area contributed by atoms with Gasteiger partial charge in [0.2, 0.25) is 5.43 Å². The maximum absolute atomic E-state index is 13.1. The molecule has 0 aliphatic carbocycles. The van der Waals surface area contributed by atoms with Crippen molar-refractivity contribution in [2.45, 2.75) is 18.9 Å². The lowest BCUT2D eigenvalue weighted by atomic mass is 9.98. The van der Waals surface area contributed by atoms with Crippen LogP contribution >= 0.6 is 11.3 Å². The van der Waals surface area contributed by atoms with Crippen LogP contribution in [0.5, 0.6) is 0 Å². The van der Waals surface area contributed by atoms with Gasteiger partial charge in [0.25, 0.3) is 0 Å². The quantitative estimate of drug-likeness (QED) is 0.340. The van der Waals surface area contributed by atoms with Gasteiger partial charge in [-0.05, 0) is 23.1 Å². The number of hydrogen-bond donors (Lipinski definition) is 1. The molecule has 0 spiro atoms. The Morgan fingerprint density at radius 3 is 1.97 bits per heavy atom. The molecule has 2 aromatic heterocycles. The van der Waals surface area contributed by atoms with Crippen molar-refractivity contribution in [1.82, 2.24) is 9.55 Å². The maximum atomic E-state index is 13.1. The Kier molecular flexibility index (Phi) is 6.06. The molecule has 0 radical (unpaired) electrons. The molecular weight excluding hydrogens is 444 g/mol. The molecule has 5 aromatic rings. The minimum Gasteiger partial charge on any atom is -0.477 e. The number of aromatic nitrogens is 2. The molecule has 6 heteroatoms. The molecule has 0 aliphatic heterocycles. The molecule has 5 nitrogen and oxygen atoms in total. The Morgan fingerprint density at radius 1 is 0.853 bits per heavy atom. The summed E-state index contributed by atoms with van der Waals surface area (Å²) in [6.45, 7) is 0. The third kappa shape index (κ3) is 4.28. The van der Waals surface area contributed by atoms with Crippen LogP contribution in [0.15, 0.2) is 102 Å². The molecule has 34 heavy (non-hydrogen) atoms. The number of thiazole rings is 1. The number of rotatable bonds is 7.